The Morgan fingerprint density at radius 2 is 2.06 bits per heavy atom. The summed E-state index contributed by atoms with van der Waals surface area (Å²) in [5.41, 5.74) is 4.74. The summed E-state index contributed by atoms with van der Waals surface area (Å²) in [6, 6.07) is 12.4. The number of hydrogen-bond acceptors (Lipinski definition) is 5. The summed E-state index contributed by atoms with van der Waals surface area (Å²) < 4.78 is 12.0. The zero-order valence-corrected chi connectivity index (χ0v) is 19.2. The molecule has 1 heterocycles. The second-order valence-corrected chi connectivity index (χ2v) is 9.05. The van der Waals surface area contributed by atoms with Gasteiger partial charge in [0, 0.05) is 23.6 Å². The van der Waals surface area contributed by atoms with Gasteiger partial charge in [0.1, 0.15) is 16.5 Å². The number of ether oxygens (including phenoxy) is 2. The largest absolute Gasteiger partial charge is 0.493 e. The van der Waals surface area contributed by atoms with Gasteiger partial charge in [-0.25, -0.2) is 4.98 Å². The summed E-state index contributed by atoms with van der Waals surface area (Å²) in [6.45, 7) is 3.35. The fourth-order valence-electron chi connectivity index (χ4n) is 4.31. The zero-order valence-electron chi connectivity index (χ0n) is 18.4. The van der Waals surface area contributed by atoms with Crippen molar-refractivity contribution in [3.8, 4) is 22.1 Å². The van der Waals surface area contributed by atoms with Gasteiger partial charge in [0.15, 0.2) is 0 Å². The number of aryl methyl sites for hydroxylation is 2. The van der Waals surface area contributed by atoms with Crippen molar-refractivity contribution in [2.75, 3.05) is 13.2 Å². The number of thiazole rings is 1. The first kappa shape index (κ1) is 22.3. The van der Waals surface area contributed by atoms with Crippen molar-refractivity contribution in [1.29, 1.82) is 0 Å². The molecule has 32 heavy (non-hydrogen) atoms. The first-order valence-corrected chi connectivity index (χ1v) is 12.1. The predicted molar refractivity (Wildman–Crippen MR) is 127 cm³/mol. The van der Waals surface area contributed by atoms with Gasteiger partial charge in [0.25, 0.3) is 0 Å². The minimum Gasteiger partial charge on any atom is -0.493 e. The highest BCUT2D eigenvalue weighted by atomic mass is 32.1. The number of carboxylic acids is 1. The molecule has 0 radical (unpaired) electrons. The molecule has 1 aliphatic rings. The van der Waals surface area contributed by atoms with E-state index in [1.54, 1.807) is 11.3 Å². The van der Waals surface area contributed by atoms with Crippen LogP contribution in [0.5, 0.6) is 11.5 Å². The van der Waals surface area contributed by atoms with Crippen LogP contribution in [0.1, 0.15) is 55.2 Å². The lowest BCUT2D eigenvalue weighted by Gasteiger charge is -2.13. The molecular formula is C26H29NO4S. The summed E-state index contributed by atoms with van der Waals surface area (Å²) in [6.07, 6.45) is 6.69. The van der Waals surface area contributed by atoms with E-state index in [1.807, 2.05) is 23.7 Å². The molecule has 0 spiro atoms. The lowest BCUT2D eigenvalue weighted by Crippen LogP contribution is -2.06. The van der Waals surface area contributed by atoms with Crippen LogP contribution in [0, 0.1) is 0 Å². The van der Waals surface area contributed by atoms with E-state index in [0.29, 0.717) is 13.2 Å². The minimum atomic E-state index is -0.733. The van der Waals surface area contributed by atoms with E-state index < -0.39 is 5.97 Å². The van der Waals surface area contributed by atoms with E-state index in [2.05, 4.69) is 36.2 Å². The first-order valence-electron chi connectivity index (χ1n) is 11.3. The van der Waals surface area contributed by atoms with Gasteiger partial charge < -0.3 is 14.6 Å². The van der Waals surface area contributed by atoms with Gasteiger partial charge in [-0.2, -0.15) is 0 Å². The zero-order chi connectivity index (χ0) is 22.3. The van der Waals surface area contributed by atoms with Crippen LogP contribution in [0.4, 0.5) is 0 Å². The Labute approximate surface area is 193 Å². The van der Waals surface area contributed by atoms with E-state index in [-0.39, 0.29) is 12.3 Å². The Morgan fingerprint density at radius 1 is 1.19 bits per heavy atom. The number of benzene rings is 2. The summed E-state index contributed by atoms with van der Waals surface area (Å²) in [5.74, 6) is 1.18. The molecule has 2 aromatic carbocycles. The van der Waals surface area contributed by atoms with Crippen LogP contribution in [0.15, 0.2) is 48.0 Å². The molecule has 6 heteroatoms. The van der Waals surface area contributed by atoms with Crippen LogP contribution in [0.2, 0.25) is 0 Å². The molecule has 0 saturated carbocycles. The molecule has 1 N–H and O–H groups in total. The van der Waals surface area contributed by atoms with Crippen LogP contribution < -0.4 is 9.47 Å². The summed E-state index contributed by atoms with van der Waals surface area (Å²) in [5, 5.41) is 12.1. The maximum absolute atomic E-state index is 11.0. The topological polar surface area (TPSA) is 68.7 Å². The molecule has 0 amide bonds. The van der Waals surface area contributed by atoms with E-state index in [4.69, 9.17) is 14.6 Å². The lowest BCUT2D eigenvalue weighted by molar-refractivity contribution is -0.137. The molecule has 0 fully saturated rings. The third-order valence-electron chi connectivity index (χ3n) is 5.81. The quantitative estimate of drug-likeness (QED) is 0.356. The highest BCUT2D eigenvalue weighted by Gasteiger charge is 2.24. The Hall–Kier alpha value is -2.86. The van der Waals surface area contributed by atoms with Crippen molar-refractivity contribution in [3.63, 3.8) is 0 Å². The van der Waals surface area contributed by atoms with Crippen LogP contribution in [-0.4, -0.2) is 29.3 Å². The summed E-state index contributed by atoms with van der Waals surface area (Å²) >= 11 is 1.65. The first-order chi connectivity index (χ1) is 15.6. The van der Waals surface area contributed by atoms with Crippen LogP contribution in [-0.2, 0) is 17.6 Å². The second kappa shape index (κ2) is 10.6. The number of aliphatic carboxylic acids is 1. The number of carbonyl (C=O) groups is 1. The van der Waals surface area contributed by atoms with Crippen molar-refractivity contribution >= 4 is 17.3 Å². The Kier molecular flexibility index (Phi) is 7.43. The molecule has 0 saturated heterocycles. The third-order valence-corrected chi connectivity index (χ3v) is 6.63. The summed E-state index contributed by atoms with van der Waals surface area (Å²) in [7, 11) is 0. The molecule has 3 aromatic rings. The number of aromatic nitrogens is 1. The number of nitrogens with zero attached hydrogens (tertiary/aromatic N) is 1. The molecule has 1 aliphatic carbocycles. The molecule has 4 rings (SSSR count). The smallest absolute Gasteiger partial charge is 0.303 e. The average molecular weight is 452 g/mol. The fourth-order valence-corrected chi connectivity index (χ4v) is 4.95. The lowest BCUT2D eigenvalue weighted by atomic mass is 9.98. The van der Waals surface area contributed by atoms with E-state index >= 15 is 0 Å². The molecule has 0 aliphatic heterocycles. The summed E-state index contributed by atoms with van der Waals surface area (Å²) in [4.78, 5) is 15.4. The Bertz CT molecular complexity index is 1050. The maximum Gasteiger partial charge on any atom is 0.303 e. The molecule has 5 nitrogen and oxygen atoms in total. The highest BCUT2D eigenvalue weighted by Crippen LogP contribution is 2.37. The number of hydrogen-bond donors (Lipinski definition) is 1. The van der Waals surface area contributed by atoms with Gasteiger partial charge in [0.05, 0.1) is 19.6 Å². The van der Waals surface area contributed by atoms with Gasteiger partial charge in [-0.15, -0.1) is 11.3 Å². The number of rotatable bonds is 11. The normalized spacial score (nSPS) is 14.8. The van der Waals surface area contributed by atoms with Gasteiger partial charge in [-0.1, -0.05) is 19.4 Å². The van der Waals surface area contributed by atoms with Crippen molar-refractivity contribution in [3.05, 3.63) is 64.7 Å². The Morgan fingerprint density at radius 3 is 2.84 bits per heavy atom. The monoisotopic (exact) mass is 451 g/mol. The van der Waals surface area contributed by atoms with Gasteiger partial charge in [-0.05, 0) is 72.2 Å². The van der Waals surface area contributed by atoms with E-state index in [9.17, 15) is 4.79 Å². The highest BCUT2D eigenvalue weighted by molar-refractivity contribution is 7.13. The van der Waals surface area contributed by atoms with E-state index in [1.165, 1.54) is 11.1 Å². The second-order valence-electron chi connectivity index (χ2n) is 8.15. The molecule has 0 bridgehead atoms. The molecule has 1 atom stereocenters. The van der Waals surface area contributed by atoms with E-state index in [0.717, 1.165) is 59.7 Å². The number of carboxylic acid groups (broad SMARTS) is 1. The minimum absolute atomic E-state index is 0.129. The standard InChI is InChI=1S/C26H29NO4S/c1-2-4-20-15-21(26-27-11-14-32-26)7-10-24(20)31-13-3-12-30-22-8-9-23-18(16-22)5-6-19(23)17-25(28)29/h7-11,14-16,19H,2-6,12-13,17H2,1H3,(H,28,29)/t19-/m0/s1. The average Bonchev–Trinajstić information content (AvgIpc) is 3.45. The Balaban J connectivity index is 1.27. The molecule has 168 valence electrons. The maximum atomic E-state index is 11.0. The van der Waals surface area contributed by atoms with Gasteiger partial charge in [-0.3, -0.25) is 4.79 Å². The van der Waals surface area contributed by atoms with Crippen LogP contribution in [0.25, 0.3) is 10.6 Å². The number of fused-ring (bicyclic) bond motifs is 1. The van der Waals surface area contributed by atoms with Crippen molar-refractivity contribution in [1.82, 2.24) is 4.98 Å². The van der Waals surface area contributed by atoms with Gasteiger partial charge in [0.2, 0.25) is 0 Å². The van der Waals surface area contributed by atoms with Crippen molar-refractivity contribution in [2.24, 2.45) is 0 Å². The van der Waals surface area contributed by atoms with Crippen LogP contribution >= 0.6 is 11.3 Å². The predicted octanol–water partition coefficient (Wildman–Crippen LogP) is 6.12. The van der Waals surface area contributed by atoms with Crippen molar-refractivity contribution in [2.45, 2.75) is 51.4 Å². The van der Waals surface area contributed by atoms with Crippen molar-refractivity contribution < 1.29 is 19.4 Å². The van der Waals surface area contributed by atoms with Crippen LogP contribution in [0.3, 0.4) is 0 Å². The molecular weight excluding hydrogens is 422 g/mol. The fraction of sp³-hybridized carbons (Fsp3) is 0.385. The molecule has 1 aromatic heterocycles. The molecule has 0 unspecified atom stereocenters. The van der Waals surface area contributed by atoms with Gasteiger partial charge >= 0.3 is 5.97 Å². The SMILES string of the molecule is CCCc1cc(-c2nccs2)ccc1OCCCOc1ccc2c(c1)CC[C@H]2CC(=O)O. The third kappa shape index (κ3) is 5.49.